The van der Waals surface area contributed by atoms with Gasteiger partial charge in [-0.2, -0.15) is 0 Å². The number of benzene rings is 2. The van der Waals surface area contributed by atoms with Crippen LogP contribution in [0.2, 0.25) is 0 Å². The molecule has 1 amide bonds. The van der Waals surface area contributed by atoms with Crippen LogP contribution in [-0.4, -0.2) is 11.9 Å². The highest BCUT2D eigenvalue weighted by Gasteiger charge is 2.28. The first-order valence-electron chi connectivity index (χ1n) is 7.30. The Labute approximate surface area is 131 Å². The molecular formula is C17H15F3N2O. The summed E-state index contributed by atoms with van der Waals surface area (Å²) in [6, 6.07) is 7.64. The Balaban J connectivity index is 1.87. The molecule has 0 aromatic heterocycles. The van der Waals surface area contributed by atoms with Crippen molar-refractivity contribution in [2.24, 2.45) is 0 Å². The Bertz CT molecular complexity index is 694. The lowest BCUT2D eigenvalue weighted by atomic mass is 10.1. The topological polar surface area (TPSA) is 41.1 Å². The molecule has 0 heterocycles. The summed E-state index contributed by atoms with van der Waals surface area (Å²) in [5.41, 5.74) is 0.650. The highest BCUT2D eigenvalue weighted by molar-refractivity contribution is 5.86. The molecule has 1 saturated carbocycles. The van der Waals surface area contributed by atoms with Gasteiger partial charge in [-0.3, -0.25) is 4.79 Å². The van der Waals surface area contributed by atoms with E-state index in [-0.39, 0.29) is 17.6 Å². The van der Waals surface area contributed by atoms with Crippen molar-refractivity contribution in [2.75, 3.05) is 5.32 Å². The van der Waals surface area contributed by atoms with E-state index in [1.807, 2.05) is 0 Å². The summed E-state index contributed by atoms with van der Waals surface area (Å²) in [4.78, 5) is 12.4. The molecule has 6 heteroatoms. The molecule has 0 bridgehead atoms. The molecular weight excluding hydrogens is 305 g/mol. The average molecular weight is 320 g/mol. The maximum absolute atomic E-state index is 13.3. The molecule has 23 heavy (non-hydrogen) atoms. The van der Waals surface area contributed by atoms with Gasteiger partial charge in [0.05, 0.1) is 0 Å². The molecule has 2 N–H and O–H groups in total. The van der Waals surface area contributed by atoms with E-state index in [2.05, 4.69) is 10.6 Å². The number of carbonyl (C=O) groups excluding carboxylic acids is 1. The highest BCUT2D eigenvalue weighted by atomic mass is 19.1. The molecule has 2 aromatic rings. The standard InChI is InChI=1S/C17H15F3N2O/c18-11-3-1-10(2-4-11)16(17(23)22-14-5-6-14)21-15-8-12(19)7-13(20)9-15/h1-4,7-9,14,16,21H,5-6H2,(H,22,23)/t16-/m0/s1. The Kier molecular flexibility index (Phi) is 4.23. The molecule has 2 aromatic carbocycles. The second-order valence-corrected chi connectivity index (χ2v) is 5.57. The van der Waals surface area contributed by atoms with Gasteiger partial charge in [-0.15, -0.1) is 0 Å². The Morgan fingerprint density at radius 2 is 1.57 bits per heavy atom. The van der Waals surface area contributed by atoms with Crippen molar-refractivity contribution in [3.63, 3.8) is 0 Å². The van der Waals surface area contributed by atoms with Crippen LogP contribution >= 0.6 is 0 Å². The molecule has 0 saturated heterocycles. The van der Waals surface area contributed by atoms with Gasteiger partial charge in [-0.05, 0) is 42.7 Å². The van der Waals surface area contributed by atoms with Crippen LogP contribution in [0.5, 0.6) is 0 Å². The minimum absolute atomic E-state index is 0.136. The summed E-state index contributed by atoms with van der Waals surface area (Å²) in [5.74, 6) is -2.23. The van der Waals surface area contributed by atoms with E-state index >= 15 is 0 Å². The van der Waals surface area contributed by atoms with Gasteiger partial charge in [-0.1, -0.05) is 12.1 Å². The average Bonchev–Trinajstić information content (AvgIpc) is 3.29. The van der Waals surface area contributed by atoms with Crippen molar-refractivity contribution >= 4 is 11.6 Å². The van der Waals surface area contributed by atoms with Gasteiger partial charge < -0.3 is 10.6 Å². The summed E-state index contributed by atoms with van der Waals surface area (Å²) < 4.78 is 39.7. The van der Waals surface area contributed by atoms with Crippen molar-refractivity contribution in [3.05, 3.63) is 65.5 Å². The van der Waals surface area contributed by atoms with Gasteiger partial charge in [0.15, 0.2) is 0 Å². The molecule has 1 fully saturated rings. The van der Waals surface area contributed by atoms with Gasteiger partial charge in [0.25, 0.3) is 0 Å². The molecule has 3 rings (SSSR count). The van der Waals surface area contributed by atoms with E-state index in [1.165, 1.54) is 24.3 Å². The van der Waals surface area contributed by atoms with E-state index in [0.29, 0.717) is 5.56 Å². The zero-order valence-corrected chi connectivity index (χ0v) is 12.2. The smallest absolute Gasteiger partial charge is 0.247 e. The number of hydrogen-bond donors (Lipinski definition) is 2. The summed E-state index contributed by atoms with van der Waals surface area (Å²) in [5, 5.41) is 5.65. The molecule has 1 atom stereocenters. The van der Waals surface area contributed by atoms with E-state index in [4.69, 9.17) is 0 Å². The van der Waals surface area contributed by atoms with Crippen LogP contribution in [0.3, 0.4) is 0 Å². The van der Waals surface area contributed by atoms with E-state index < -0.39 is 23.5 Å². The molecule has 0 unspecified atom stereocenters. The van der Waals surface area contributed by atoms with E-state index in [0.717, 1.165) is 31.0 Å². The first kappa shape index (κ1) is 15.4. The SMILES string of the molecule is O=C(NC1CC1)[C@@H](Nc1cc(F)cc(F)c1)c1ccc(F)cc1. The number of hydrogen-bond acceptors (Lipinski definition) is 2. The highest BCUT2D eigenvalue weighted by Crippen LogP contribution is 2.25. The third-order valence-corrected chi connectivity index (χ3v) is 3.56. The van der Waals surface area contributed by atoms with Crippen LogP contribution in [0.4, 0.5) is 18.9 Å². The number of halogens is 3. The summed E-state index contributed by atoms with van der Waals surface area (Å²) in [6.45, 7) is 0. The quantitative estimate of drug-likeness (QED) is 0.885. The Morgan fingerprint density at radius 3 is 2.13 bits per heavy atom. The maximum atomic E-state index is 13.3. The van der Waals surface area contributed by atoms with Gasteiger partial charge in [-0.25, -0.2) is 13.2 Å². The van der Waals surface area contributed by atoms with Gasteiger partial charge >= 0.3 is 0 Å². The minimum Gasteiger partial charge on any atom is -0.370 e. The Hall–Kier alpha value is -2.50. The molecule has 1 aliphatic carbocycles. The number of rotatable bonds is 5. The zero-order chi connectivity index (χ0) is 16.4. The van der Waals surface area contributed by atoms with Gasteiger partial charge in [0, 0.05) is 17.8 Å². The minimum atomic E-state index is -0.864. The molecule has 120 valence electrons. The normalized spacial score (nSPS) is 15.1. The fourth-order valence-electron chi connectivity index (χ4n) is 2.27. The zero-order valence-electron chi connectivity index (χ0n) is 12.2. The number of nitrogens with one attached hydrogen (secondary N) is 2. The fourth-order valence-corrected chi connectivity index (χ4v) is 2.27. The second-order valence-electron chi connectivity index (χ2n) is 5.57. The largest absolute Gasteiger partial charge is 0.370 e. The first-order chi connectivity index (χ1) is 11.0. The Morgan fingerprint density at radius 1 is 0.957 bits per heavy atom. The third kappa shape index (κ3) is 4.03. The van der Waals surface area contributed by atoms with Crippen LogP contribution in [-0.2, 0) is 4.79 Å². The van der Waals surface area contributed by atoms with E-state index in [1.54, 1.807) is 0 Å². The van der Waals surface area contributed by atoms with Crippen LogP contribution in [0, 0.1) is 17.5 Å². The molecule has 1 aliphatic rings. The van der Waals surface area contributed by atoms with Gasteiger partial charge in [0.2, 0.25) is 5.91 Å². The van der Waals surface area contributed by atoms with Crippen molar-refractivity contribution in [3.8, 4) is 0 Å². The maximum Gasteiger partial charge on any atom is 0.247 e. The van der Waals surface area contributed by atoms with Crippen LogP contribution in [0.1, 0.15) is 24.4 Å². The number of carbonyl (C=O) groups is 1. The predicted octanol–water partition coefficient (Wildman–Crippen LogP) is 3.54. The molecule has 0 radical (unpaired) electrons. The molecule has 0 aliphatic heterocycles. The lowest BCUT2D eigenvalue weighted by Gasteiger charge is -2.20. The molecule has 3 nitrogen and oxygen atoms in total. The molecule has 0 spiro atoms. The number of anilines is 1. The van der Waals surface area contributed by atoms with Crippen molar-refractivity contribution in [1.82, 2.24) is 5.32 Å². The van der Waals surface area contributed by atoms with Crippen LogP contribution in [0.15, 0.2) is 42.5 Å². The third-order valence-electron chi connectivity index (χ3n) is 3.56. The van der Waals surface area contributed by atoms with Crippen molar-refractivity contribution in [2.45, 2.75) is 24.9 Å². The summed E-state index contributed by atoms with van der Waals surface area (Å²) >= 11 is 0. The van der Waals surface area contributed by atoms with Crippen LogP contribution < -0.4 is 10.6 Å². The second kappa shape index (κ2) is 6.32. The summed E-state index contributed by atoms with van der Waals surface area (Å²) in [6.07, 6.45) is 1.83. The van der Waals surface area contributed by atoms with Crippen molar-refractivity contribution < 1.29 is 18.0 Å². The lowest BCUT2D eigenvalue weighted by molar-refractivity contribution is -0.122. The van der Waals surface area contributed by atoms with Crippen molar-refractivity contribution in [1.29, 1.82) is 0 Å². The lowest BCUT2D eigenvalue weighted by Crippen LogP contribution is -2.34. The number of amides is 1. The van der Waals surface area contributed by atoms with E-state index in [9.17, 15) is 18.0 Å². The fraction of sp³-hybridized carbons (Fsp3) is 0.235. The van der Waals surface area contributed by atoms with Crippen LogP contribution in [0.25, 0.3) is 0 Å². The first-order valence-corrected chi connectivity index (χ1v) is 7.30. The predicted molar refractivity (Wildman–Crippen MR) is 80.3 cm³/mol. The monoisotopic (exact) mass is 320 g/mol. The summed E-state index contributed by atoms with van der Waals surface area (Å²) in [7, 11) is 0. The van der Waals surface area contributed by atoms with Gasteiger partial charge in [0.1, 0.15) is 23.5 Å².